The Morgan fingerprint density at radius 1 is 1.05 bits per heavy atom. The van der Waals surface area contributed by atoms with Crippen molar-refractivity contribution >= 4 is 23.7 Å². The second-order valence-electron chi connectivity index (χ2n) is 11.7. The Balaban J connectivity index is 1.09. The molecule has 1 saturated carbocycles. The monoisotopic (exact) mass is 601 g/mol. The van der Waals surface area contributed by atoms with Crippen molar-refractivity contribution in [2.24, 2.45) is 5.92 Å². The Bertz CT molecular complexity index is 1490. The number of esters is 1. The summed E-state index contributed by atoms with van der Waals surface area (Å²) >= 11 is 0. The number of hydrogen-bond donors (Lipinski definition) is 2. The van der Waals surface area contributed by atoms with Gasteiger partial charge in [-0.3, -0.25) is 19.2 Å². The quantitative estimate of drug-likeness (QED) is 0.334. The third-order valence-electron chi connectivity index (χ3n) is 8.29. The van der Waals surface area contributed by atoms with Gasteiger partial charge in [-0.1, -0.05) is 24.3 Å². The van der Waals surface area contributed by atoms with Gasteiger partial charge < -0.3 is 29.4 Å². The molecule has 0 unspecified atom stereocenters. The summed E-state index contributed by atoms with van der Waals surface area (Å²) in [4.78, 5) is 59.8. The SMILES string of the molecule is C[C@H](NC(=O)c1cnco1)[C@H](Oc1ccc(C(=O)N[C@H]2CCCN(C(=O)[C@H]3COC(=O)C3)C2)nc1)c1ccc(C2CC2)cc1. The van der Waals surface area contributed by atoms with E-state index >= 15 is 0 Å². The molecule has 2 saturated heterocycles. The smallest absolute Gasteiger partial charge is 0.306 e. The van der Waals surface area contributed by atoms with Gasteiger partial charge in [0.2, 0.25) is 11.7 Å². The van der Waals surface area contributed by atoms with Crippen LogP contribution in [0.3, 0.4) is 0 Å². The van der Waals surface area contributed by atoms with E-state index in [0.29, 0.717) is 24.8 Å². The predicted molar refractivity (Wildman–Crippen MR) is 156 cm³/mol. The molecule has 3 fully saturated rings. The molecule has 3 aromatic rings. The number of cyclic esters (lactones) is 1. The zero-order chi connectivity index (χ0) is 30.6. The van der Waals surface area contributed by atoms with Gasteiger partial charge in [0.25, 0.3) is 11.8 Å². The molecule has 4 atom stereocenters. The molecule has 6 rings (SSSR count). The van der Waals surface area contributed by atoms with Gasteiger partial charge in [-0.15, -0.1) is 0 Å². The average Bonchev–Trinajstić information content (AvgIpc) is 3.55. The van der Waals surface area contributed by atoms with Gasteiger partial charge in [-0.2, -0.15) is 0 Å². The fraction of sp³-hybridized carbons (Fsp3) is 0.438. The van der Waals surface area contributed by atoms with Crippen LogP contribution in [0.2, 0.25) is 0 Å². The van der Waals surface area contributed by atoms with Gasteiger partial charge in [0.1, 0.15) is 24.2 Å². The largest absolute Gasteiger partial charge is 0.482 e. The highest BCUT2D eigenvalue weighted by molar-refractivity contribution is 5.93. The standard InChI is InChI=1S/C32H35N5O7/c1-19(35-31(40)27-15-33-18-43-27)29(22-8-6-21(7-9-22)20-4-5-20)44-25-10-11-26(34-14-25)30(39)36-24-3-2-12-37(16-24)32(41)23-13-28(38)42-17-23/h6-11,14-15,18-20,23-24,29H,2-5,12-13,16-17H2,1H3,(H,35,40)(H,36,39)/t19-,23+,24-,29-/m0/s1. The van der Waals surface area contributed by atoms with Crippen molar-refractivity contribution in [1.82, 2.24) is 25.5 Å². The van der Waals surface area contributed by atoms with Crippen molar-refractivity contribution in [2.45, 2.75) is 63.1 Å². The molecule has 44 heavy (non-hydrogen) atoms. The van der Waals surface area contributed by atoms with Crippen LogP contribution >= 0.6 is 0 Å². The van der Waals surface area contributed by atoms with Gasteiger partial charge in [-0.25, -0.2) is 9.97 Å². The van der Waals surface area contributed by atoms with E-state index in [1.807, 2.05) is 19.1 Å². The maximum absolute atomic E-state index is 13.0. The summed E-state index contributed by atoms with van der Waals surface area (Å²) in [6.45, 7) is 2.92. The van der Waals surface area contributed by atoms with Gasteiger partial charge in [0.05, 0.1) is 30.8 Å². The normalized spacial score (nSPS) is 21.2. The van der Waals surface area contributed by atoms with Crippen molar-refractivity contribution in [3.8, 4) is 5.75 Å². The van der Waals surface area contributed by atoms with Crippen molar-refractivity contribution in [3.63, 3.8) is 0 Å². The number of likely N-dealkylation sites (tertiary alicyclic amines) is 1. The molecule has 3 amide bonds. The van der Waals surface area contributed by atoms with E-state index in [9.17, 15) is 19.2 Å². The van der Waals surface area contributed by atoms with Gasteiger partial charge in [0.15, 0.2) is 6.39 Å². The third-order valence-corrected chi connectivity index (χ3v) is 8.29. The summed E-state index contributed by atoms with van der Waals surface area (Å²) in [6.07, 6.45) is 7.46. The number of carbonyl (C=O) groups is 4. The number of benzene rings is 1. The Labute approximate surface area is 254 Å². The molecule has 3 aliphatic rings. The Morgan fingerprint density at radius 2 is 1.86 bits per heavy atom. The molecule has 1 aliphatic carbocycles. The van der Waals surface area contributed by atoms with Crippen LogP contribution in [0.15, 0.2) is 59.6 Å². The molecular formula is C32H35N5O7. The zero-order valence-corrected chi connectivity index (χ0v) is 24.4. The van der Waals surface area contributed by atoms with E-state index in [1.54, 1.807) is 17.0 Å². The molecular weight excluding hydrogens is 566 g/mol. The lowest BCUT2D eigenvalue weighted by Crippen LogP contribution is -2.51. The highest BCUT2D eigenvalue weighted by Crippen LogP contribution is 2.40. The highest BCUT2D eigenvalue weighted by Gasteiger charge is 2.35. The molecule has 2 aliphatic heterocycles. The molecule has 1 aromatic carbocycles. The summed E-state index contributed by atoms with van der Waals surface area (Å²) in [7, 11) is 0. The van der Waals surface area contributed by atoms with Crippen LogP contribution in [-0.4, -0.2) is 70.3 Å². The van der Waals surface area contributed by atoms with Crippen LogP contribution in [0.4, 0.5) is 0 Å². The lowest BCUT2D eigenvalue weighted by molar-refractivity contribution is -0.138. The summed E-state index contributed by atoms with van der Waals surface area (Å²) in [5.41, 5.74) is 2.38. The van der Waals surface area contributed by atoms with Crippen molar-refractivity contribution in [1.29, 1.82) is 0 Å². The number of rotatable bonds is 10. The van der Waals surface area contributed by atoms with Crippen molar-refractivity contribution in [2.75, 3.05) is 19.7 Å². The number of hydrogen-bond acceptors (Lipinski definition) is 9. The first-order valence-corrected chi connectivity index (χ1v) is 15.0. The summed E-state index contributed by atoms with van der Waals surface area (Å²) in [5, 5.41) is 5.91. The topological polar surface area (TPSA) is 153 Å². The van der Waals surface area contributed by atoms with Gasteiger partial charge in [-0.05, 0) is 61.8 Å². The van der Waals surface area contributed by atoms with E-state index < -0.39 is 24.0 Å². The first-order chi connectivity index (χ1) is 21.3. The van der Waals surface area contributed by atoms with Crippen molar-refractivity contribution in [3.05, 3.63) is 77.8 Å². The number of pyridine rings is 1. The minimum Gasteiger partial charge on any atom is -0.482 e. The second-order valence-corrected chi connectivity index (χ2v) is 11.7. The minimum absolute atomic E-state index is 0.101. The number of nitrogens with zero attached hydrogens (tertiary/aromatic N) is 3. The number of nitrogens with one attached hydrogen (secondary N) is 2. The third kappa shape index (κ3) is 6.90. The van der Waals surface area contributed by atoms with Crippen LogP contribution < -0.4 is 15.4 Å². The van der Waals surface area contributed by atoms with Crippen LogP contribution in [0.25, 0.3) is 0 Å². The van der Waals surface area contributed by atoms with Gasteiger partial charge in [0, 0.05) is 19.1 Å². The maximum Gasteiger partial charge on any atom is 0.306 e. The minimum atomic E-state index is -0.553. The summed E-state index contributed by atoms with van der Waals surface area (Å²) in [6, 6.07) is 10.8. The Kier molecular flexibility index (Phi) is 8.58. The maximum atomic E-state index is 13.0. The van der Waals surface area contributed by atoms with E-state index in [2.05, 4.69) is 32.7 Å². The first-order valence-electron chi connectivity index (χ1n) is 15.0. The number of aromatic nitrogens is 2. The van der Waals surface area contributed by atoms with Crippen LogP contribution in [-0.2, 0) is 14.3 Å². The van der Waals surface area contributed by atoms with Crippen LogP contribution in [0, 0.1) is 5.92 Å². The van der Waals surface area contributed by atoms with Crippen LogP contribution in [0.5, 0.6) is 5.75 Å². The molecule has 0 bridgehead atoms. The number of piperidine rings is 1. The molecule has 2 aromatic heterocycles. The average molecular weight is 602 g/mol. The molecule has 0 radical (unpaired) electrons. The lowest BCUT2D eigenvalue weighted by Gasteiger charge is -2.34. The molecule has 2 N–H and O–H groups in total. The number of oxazole rings is 1. The number of ether oxygens (including phenoxy) is 2. The molecule has 0 spiro atoms. The zero-order valence-electron chi connectivity index (χ0n) is 24.4. The van der Waals surface area contributed by atoms with E-state index in [4.69, 9.17) is 13.9 Å². The van der Waals surface area contributed by atoms with E-state index in [1.165, 1.54) is 37.2 Å². The number of amides is 3. The van der Waals surface area contributed by atoms with E-state index in [-0.39, 0.29) is 48.3 Å². The molecule has 12 heteroatoms. The van der Waals surface area contributed by atoms with Crippen LogP contribution in [0.1, 0.15) is 83.2 Å². The number of carbonyl (C=O) groups excluding carboxylic acids is 4. The van der Waals surface area contributed by atoms with Gasteiger partial charge >= 0.3 is 5.97 Å². The Morgan fingerprint density at radius 3 is 2.52 bits per heavy atom. The predicted octanol–water partition coefficient (Wildman–Crippen LogP) is 3.17. The van der Waals surface area contributed by atoms with E-state index in [0.717, 1.165) is 18.4 Å². The summed E-state index contributed by atoms with van der Waals surface area (Å²) in [5.74, 6) is -0.536. The lowest BCUT2D eigenvalue weighted by atomic mass is 10.00. The summed E-state index contributed by atoms with van der Waals surface area (Å²) < 4.78 is 16.4. The molecule has 12 nitrogen and oxygen atoms in total. The highest BCUT2D eigenvalue weighted by atomic mass is 16.5. The fourth-order valence-corrected chi connectivity index (χ4v) is 5.73. The molecule has 230 valence electrons. The second kappa shape index (κ2) is 12.9. The van der Waals surface area contributed by atoms with Crippen molar-refractivity contribution < 1.29 is 33.1 Å². The molecule has 4 heterocycles. The first kappa shape index (κ1) is 29.3. The Hall–Kier alpha value is -4.74. The fourth-order valence-electron chi connectivity index (χ4n) is 5.73.